The Labute approximate surface area is 185 Å². The van der Waals surface area contributed by atoms with Gasteiger partial charge in [-0.3, -0.25) is 9.20 Å². The number of halogens is 3. The minimum atomic E-state index is -4.51. The number of fused-ring (bicyclic) bond motifs is 1. The fourth-order valence-corrected chi connectivity index (χ4v) is 4.02. The molecule has 0 bridgehead atoms. The lowest BCUT2D eigenvalue weighted by Crippen LogP contribution is -2.19. The lowest BCUT2D eigenvalue weighted by molar-refractivity contribution is -0.137. The zero-order chi connectivity index (χ0) is 22.7. The first kappa shape index (κ1) is 21.7. The zero-order valence-corrected chi connectivity index (χ0v) is 17.5. The summed E-state index contributed by atoms with van der Waals surface area (Å²) in [7, 11) is 1.54. The summed E-state index contributed by atoms with van der Waals surface area (Å²) >= 11 is 1.02. The number of aromatic nitrogens is 3. The molecule has 1 atom stereocenters. The van der Waals surface area contributed by atoms with Crippen LogP contribution in [0.5, 0.6) is 5.75 Å². The van der Waals surface area contributed by atoms with Crippen molar-refractivity contribution < 1.29 is 22.7 Å². The Bertz CT molecular complexity index is 1230. The van der Waals surface area contributed by atoms with Gasteiger partial charge in [-0.25, -0.2) is 0 Å². The minimum absolute atomic E-state index is 0.171. The molecule has 2 heterocycles. The van der Waals surface area contributed by atoms with Gasteiger partial charge >= 0.3 is 6.18 Å². The van der Waals surface area contributed by atoms with E-state index in [1.165, 1.54) is 10.5 Å². The van der Waals surface area contributed by atoms with Crippen molar-refractivity contribution in [1.82, 2.24) is 14.6 Å². The molecule has 0 aliphatic carbocycles. The summed E-state index contributed by atoms with van der Waals surface area (Å²) in [5.41, 5.74) is 0.656. The highest BCUT2D eigenvalue weighted by Crippen LogP contribution is 2.37. The second-order valence-corrected chi connectivity index (χ2v) is 7.82. The molecule has 0 aliphatic heterocycles. The van der Waals surface area contributed by atoms with Gasteiger partial charge in [0, 0.05) is 11.9 Å². The molecule has 32 heavy (non-hydrogen) atoms. The van der Waals surface area contributed by atoms with Gasteiger partial charge in [0.2, 0.25) is 5.91 Å². The molecule has 4 rings (SSSR count). The van der Waals surface area contributed by atoms with E-state index >= 15 is 0 Å². The van der Waals surface area contributed by atoms with Crippen molar-refractivity contribution in [2.45, 2.75) is 16.6 Å². The van der Waals surface area contributed by atoms with E-state index in [2.05, 4.69) is 15.5 Å². The van der Waals surface area contributed by atoms with E-state index in [4.69, 9.17) is 4.74 Å². The van der Waals surface area contributed by atoms with Crippen LogP contribution in [0.1, 0.15) is 16.4 Å². The number of nitrogens with zero attached hydrogens (tertiary/aromatic N) is 3. The van der Waals surface area contributed by atoms with Crippen LogP contribution in [0.15, 0.2) is 78.1 Å². The molecule has 0 saturated heterocycles. The number of benzene rings is 2. The van der Waals surface area contributed by atoms with E-state index in [1.807, 2.05) is 6.07 Å². The van der Waals surface area contributed by atoms with E-state index in [1.54, 1.807) is 55.6 Å². The van der Waals surface area contributed by atoms with Gasteiger partial charge < -0.3 is 10.1 Å². The Hall–Kier alpha value is -3.53. The summed E-state index contributed by atoms with van der Waals surface area (Å²) in [6.45, 7) is 0. The molecule has 6 nitrogen and oxygen atoms in total. The number of ether oxygens (including phenoxy) is 1. The number of alkyl halides is 3. The Morgan fingerprint density at radius 1 is 1.03 bits per heavy atom. The number of nitrogens with one attached hydrogen (secondary N) is 1. The molecule has 4 aromatic rings. The predicted octanol–water partition coefficient (Wildman–Crippen LogP) is 5.23. The fourth-order valence-electron chi connectivity index (χ4n) is 3.01. The maximum Gasteiger partial charge on any atom is 0.417 e. The standard InChI is InChI=1S/C22H17F3N4O2S/c1-31-17-10-8-16(9-11-17)26-20(30)19(14-5-3-2-4-6-14)32-21-28-27-18-12-7-15(13-29(18)21)22(23,24)25/h2-13,19H,1H3,(H,26,30). The molecule has 164 valence electrons. The highest BCUT2D eigenvalue weighted by Gasteiger charge is 2.32. The van der Waals surface area contributed by atoms with Crippen LogP contribution in [0.25, 0.3) is 5.65 Å². The summed E-state index contributed by atoms with van der Waals surface area (Å²) < 4.78 is 45.9. The molecule has 1 amide bonds. The highest BCUT2D eigenvalue weighted by molar-refractivity contribution is 8.00. The summed E-state index contributed by atoms with van der Waals surface area (Å²) in [5.74, 6) is 0.294. The van der Waals surface area contributed by atoms with Gasteiger partial charge in [-0.05, 0) is 42.0 Å². The molecular weight excluding hydrogens is 441 g/mol. The number of thioether (sulfide) groups is 1. The smallest absolute Gasteiger partial charge is 0.417 e. The molecule has 10 heteroatoms. The summed E-state index contributed by atoms with van der Waals surface area (Å²) in [6.07, 6.45) is -3.58. The molecule has 0 radical (unpaired) electrons. The number of pyridine rings is 1. The number of hydrogen-bond acceptors (Lipinski definition) is 5. The summed E-state index contributed by atoms with van der Waals surface area (Å²) in [6, 6.07) is 18.0. The number of amides is 1. The fraction of sp³-hybridized carbons (Fsp3) is 0.136. The maximum atomic E-state index is 13.2. The normalized spacial score (nSPS) is 12.5. The molecule has 1 N–H and O–H groups in total. The van der Waals surface area contributed by atoms with E-state index in [9.17, 15) is 18.0 Å². The lowest BCUT2D eigenvalue weighted by Gasteiger charge is -2.16. The van der Waals surface area contributed by atoms with Crippen LogP contribution in [-0.4, -0.2) is 27.6 Å². The number of anilines is 1. The second kappa shape index (κ2) is 8.91. The minimum Gasteiger partial charge on any atom is -0.497 e. The predicted molar refractivity (Wildman–Crippen MR) is 115 cm³/mol. The van der Waals surface area contributed by atoms with E-state index in [0.717, 1.165) is 24.0 Å². The lowest BCUT2D eigenvalue weighted by atomic mass is 10.1. The molecule has 2 aromatic heterocycles. The Morgan fingerprint density at radius 3 is 2.41 bits per heavy atom. The second-order valence-electron chi connectivity index (χ2n) is 6.75. The number of carbonyl (C=O) groups excluding carboxylic acids is 1. The number of methoxy groups -OCH3 is 1. The number of hydrogen-bond donors (Lipinski definition) is 1. The SMILES string of the molecule is COc1ccc(NC(=O)C(Sc2nnc3ccc(C(F)(F)F)cn23)c2ccccc2)cc1. The quantitative estimate of drug-likeness (QED) is 0.401. The van der Waals surface area contributed by atoms with Crippen molar-refractivity contribution in [3.8, 4) is 5.75 Å². The monoisotopic (exact) mass is 458 g/mol. The van der Waals surface area contributed by atoms with Crippen LogP contribution >= 0.6 is 11.8 Å². The van der Waals surface area contributed by atoms with Gasteiger partial charge in [-0.2, -0.15) is 13.2 Å². The van der Waals surface area contributed by atoms with Gasteiger partial charge in [0.25, 0.3) is 0 Å². The van der Waals surface area contributed by atoms with Crippen molar-refractivity contribution in [2.24, 2.45) is 0 Å². The third kappa shape index (κ3) is 4.70. The van der Waals surface area contributed by atoms with Crippen molar-refractivity contribution in [3.63, 3.8) is 0 Å². The van der Waals surface area contributed by atoms with Gasteiger partial charge in [-0.1, -0.05) is 42.1 Å². The van der Waals surface area contributed by atoms with Crippen LogP contribution in [0.3, 0.4) is 0 Å². The van der Waals surface area contributed by atoms with Crippen LogP contribution in [0.2, 0.25) is 0 Å². The third-order valence-corrected chi connectivity index (χ3v) is 5.83. The molecular formula is C22H17F3N4O2S. The van der Waals surface area contributed by atoms with Crippen LogP contribution in [-0.2, 0) is 11.0 Å². The number of carbonyl (C=O) groups is 1. The molecule has 2 aromatic carbocycles. The first-order valence-corrected chi connectivity index (χ1v) is 10.3. The van der Waals surface area contributed by atoms with E-state index in [-0.39, 0.29) is 16.7 Å². The molecule has 0 spiro atoms. The zero-order valence-electron chi connectivity index (χ0n) is 16.7. The first-order chi connectivity index (χ1) is 15.3. The third-order valence-electron chi connectivity index (χ3n) is 4.62. The Balaban J connectivity index is 1.66. The van der Waals surface area contributed by atoms with E-state index in [0.29, 0.717) is 17.0 Å². The largest absolute Gasteiger partial charge is 0.497 e. The van der Waals surface area contributed by atoms with Crippen molar-refractivity contribution in [3.05, 3.63) is 84.1 Å². The summed E-state index contributed by atoms with van der Waals surface area (Å²) in [4.78, 5) is 13.2. The van der Waals surface area contributed by atoms with Crippen molar-refractivity contribution in [2.75, 3.05) is 12.4 Å². The van der Waals surface area contributed by atoms with Crippen molar-refractivity contribution >= 4 is 29.0 Å². The Kier molecular flexibility index (Phi) is 6.04. The van der Waals surface area contributed by atoms with E-state index < -0.39 is 17.0 Å². The van der Waals surface area contributed by atoms with Gasteiger partial charge in [-0.15, -0.1) is 10.2 Å². The topological polar surface area (TPSA) is 68.5 Å². The molecule has 0 saturated carbocycles. The average Bonchev–Trinajstić information content (AvgIpc) is 3.20. The van der Waals surface area contributed by atoms with Crippen molar-refractivity contribution in [1.29, 1.82) is 0 Å². The van der Waals surface area contributed by atoms with Crippen LogP contribution in [0, 0.1) is 0 Å². The highest BCUT2D eigenvalue weighted by atomic mass is 32.2. The van der Waals surface area contributed by atoms with Crippen LogP contribution in [0.4, 0.5) is 18.9 Å². The molecule has 0 fully saturated rings. The maximum absolute atomic E-state index is 13.2. The molecule has 1 unspecified atom stereocenters. The molecule has 0 aliphatic rings. The average molecular weight is 458 g/mol. The van der Waals surface area contributed by atoms with Gasteiger partial charge in [0.15, 0.2) is 10.8 Å². The summed E-state index contributed by atoms with van der Waals surface area (Å²) in [5, 5.41) is 10.2. The Morgan fingerprint density at radius 2 is 1.75 bits per heavy atom. The van der Waals surface area contributed by atoms with Gasteiger partial charge in [0.1, 0.15) is 11.0 Å². The first-order valence-electron chi connectivity index (χ1n) is 9.43. The number of rotatable bonds is 6. The van der Waals surface area contributed by atoms with Crippen LogP contribution < -0.4 is 10.1 Å². The van der Waals surface area contributed by atoms with Gasteiger partial charge in [0.05, 0.1) is 12.7 Å².